The van der Waals surface area contributed by atoms with Crippen LogP contribution >= 0.6 is 0 Å². The Bertz CT molecular complexity index is 1990. The second-order valence-electron chi connectivity index (χ2n) is 16.8. The van der Waals surface area contributed by atoms with Gasteiger partial charge >= 0.3 is 5.97 Å². The minimum Gasteiger partial charge on any atom is -0.459 e. The summed E-state index contributed by atoms with van der Waals surface area (Å²) in [6.45, 7) is 10.9. The number of hydrogen-bond acceptors (Lipinski definition) is 4. The first-order valence-electron chi connectivity index (χ1n) is 19.0. The monoisotopic (exact) mass is 719 g/mol. The van der Waals surface area contributed by atoms with E-state index in [4.69, 9.17) is 9.47 Å². The lowest BCUT2D eigenvalue weighted by Crippen LogP contribution is -2.64. The van der Waals surface area contributed by atoms with E-state index < -0.39 is 41.7 Å². The van der Waals surface area contributed by atoms with Crippen molar-refractivity contribution in [3.05, 3.63) is 179 Å². The topological polar surface area (TPSA) is 55.8 Å². The van der Waals surface area contributed by atoms with Gasteiger partial charge < -0.3 is 9.47 Å². The van der Waals surface area contributed by atoms with Crippen molar-refractivity contribution in [3.8, 4) is 0 Å². The van der Waals surface area contributed by atoms with E-state index in [0.29, 0.717) is 13.0 Å². The molecule has 0 bridgehead atoms. The molecule has 5 aromatic rings. The van der Waals surface area contributed by atoms with E-state index in [1.54, 1.807) is 0 Å². The summed E-state index contributed by atoms with van der Waals surface area (Å²) in [5, 5.41) is -0.477. The molecular weight excluding hydrogens is 671 g/mol. The van der Waals surface area contributed by atoms with E-state index in [1.807, 2.05) is 62.1 Å². The van der Waals surface area contributed by atoms with Gasteiger partial charge in [-0.2, -0.15) is 0 Å². The van der Waals surface area contributed by atoms with E-state index in [1.165, 1.54) is 16.7 Å². The zero-order valence-corrected chi connectivity index (χ0v) is 32.4. The second-order valence-corrected chi connectivity index (χ2v) is 21.7. The van der Waals surface area contributed by atoms with Crippen LogP contribution in [0.25, 0.3) is 0 Å². The fraction of sp³-hybridized carbons (Fsp3) is 0.319. The van der Waals surface area contributed by atoms with Crippen molar-refractivity contribution in [2.75, 3.05) is 6.61 Å². The normalized spacial score (nSPS) is 25.3. The number of benzene rings is 5. The van der Waals surface area contributed by atoms with Crippen LogP contribution in [0.5, 0.6) is 0 Å². The van der Waals surface area contributed by atoms with E-state index in [-0.39, 0.29) is 17.9 Å². The van der Waals surface area contributed by atoms with E-state index in [2.05, 4.69) is 128 Å². The molecule has 0 N–H and O–H groups in total. The number of carbonyl (C=O) groups is 2. The van der Waals surface area contributed by atoms with Crippen LogP contribution in [0, 0.1) is 17.3 Å². The van der Waals surface area contributed by atoms with E-state index in [0.717, 1.165) is 17.2 Å². The van der Waals surface area contributed by atoms with Gasteiger partial charge in [0, 0.05) is 16.5 Å². The summed E-state index contributed by atoms with van der Waals surface area (Å²) < 4.78 is 13.4. The molecular formula is C47H49NO4Si. The summed E-state index contributed by atoms with van der Waals surface area (Å²) in [5.41, 5.74) is 2.31. The van der Waals surface area contributed by atoms with Gasteiger partial charge in [-0.15, -0.1) is 0 Å². The summed E-state index contributed by atoms with van der Waals surface area (Å²) in [7, 11) is -2.62. The molecule has 5 atom stereocenters. The summed E-state index contributed by atoms with van der Waals surface area (Å²) in [6, 6.07) is 53.1. The molecule has 0 radical (unpaired) electrons. The van der Waals surface area contributed by atoms with Crippen LogP contribution in [0.3, 0.4) is 0 Å². The van der Waals surface area contributed by atoms with Crippen molar-refractivity contribution in [2.45, 2.75) is 68.7 Å². The largest absolute Gasteiger partial charge is 0.459 e. The van der Waals surface area contributed by atoms with Crippen LogP contribution in [0.4, 0.5) is 0 Å². The molecule has 8 rings (SSSR count). The number of nitrogens with zero attached hydrogens (tertiary/aromatic N) is 1. The number of carbonyl (C=O) groups excluding carboxylic acids is 2. The Morgan fingerprint density at radius 2 is 1.19 bits per heavy atom. The van der Waals surface area contributed by atoms with Crippen LogP contribution in [0.15, 0.2) is 152 Å². The molecule has 1 saturated carbocycles. The van der Waals surface area contributed by atoms with Gasteiger partial charge in [-0.3, -0.25) is 14.5 Å². The lowest BCUT2D eigenvalue weighted by Gasteiger charge is -2.56. The number of esters is 1. The molecule has 2 heterocycles. The fourth-order valence-corrected chi connectivity index (χ4v) is 15.3. The number of fused-ring (bicyclic) bond motifs is 3. The third-order valence-corrected chi connectivity index (χ3v) is 16.8. The highest BCUT2D eigenvalue weighted by Gasteiger charge is 2.83. The highest BCUT2D eigenvalue weighted by molar-refractivity contribution is 6.82. The lowest BCUT2D eigenvalue weighted by atomic mass is 9.51. The Morgan fingerprint density at radius 1 is 0.736 bits per heavy atom. The highest BCUT2D eigenvalue weighted by Crippen LogP contribution is 2.72. The van der Waals surface area contributed by atoms with Gasteiger partial charge in [-0.1, -0.05) is 171 Å². The Balaban J connectivity index is 1.32. The molecule has 3 aliphatic rings. The average molecular weight is 720 g/mol. The third-order valence-electron chi connectivity index (χ3n) is 12.4. The van der Waals surface area contributed by atoms with Crippen molar-refractivity contribution in [2.24, 2.45) is 17.3 Å². The first-order chi connectivity index (χ1) is 25.5. The molecule has 53 heavy (non-hydrogen) atoms. The number of rotatable bonds is 9. The van der Waals surface area contributed by atoms with Gasteiger partial charge in [0.1, 0.15) is 5.60 Å². The summed E-state index contributed by atoms with van der Waals surface area (Å²) in [4.78, 5) is 32.9. The first-order valence-corrected chi connectivity index (χ1v) is 22.2. The summed E-state index contributed by atoms with van der Waals surface area (Å²) in [5.74, 6) is -1.26. The highest BCUT2D eigenvalue weighted by atomic mass is 28.3. The van der Waals surface area contributed by atoms with Crippen molar-refractivity contribution in [3.63, 3.8) is 0 Å². The van der Waals surface area contributed by atoms with Crippen LogP contribution in [-0.2, 0) is 29.8 Å². The number of ether oxygens (including phenoxy) is 2. The average Bonchev–Trinajstić information content (AvgIpc) is 3.63. The predicted molar refractivity (Wildman–Crippen MR) is 211 cm³/mol. The molecule has 5 aromatic carbocycles. The molecule has 3 fully saturated rings. The van der Waals surface area contributed by atoms with Crippen molar-refractivity contribution in [1.82, 2.24) is 4.90 Å². The lowest BCUT2D eigenvalue weighted by molar-refractivity contribution is -0.201. The van der Waals surface area contributed by atoms with Crippen molar-refractivity contribution in [1.29, 1.82) is 0 Å². The number of hydrogen-bond donors (Lipinski definition) is 0. The molecule has 270 valence electrons. The maximum absolute atomic E-state index is 15.8. The molecule has 1 amide bonds. The Labute approximate surface area is 315 Å². The molecule has 0 aromatic heterocycles. The molecule has 6 heteroatoms. The molecule has 0 unspecified atom stereocenters. The Kier molecular flexibility index (Phi) is 8.62. The third kappa shape index (κ3) is 5.20. The van der Waals surface area contributed by atoms with Gasteiger partial charge in [0.25, 0.3) is 0 Å². The molecule has 5 nitrogen and oxygen atoms in total. The quantitative estimate of drug-likeness (QED) is 0.0659. The van der Waals surface area contributed by atoms with Crippen LogP contribution < -0.4 is 0 Å². The molecule has 0 spiro atoms. The van der Waals surface area contributed by atoms with Crippen molar-refractivity contribution >= 4 is 20.0 Å². The smallest absolute Gasteiger partial charge is 0.322 e. The first kappa shape index (κ1) is 35.3. The SMILES string of the molecule is CC(C)(C)OC(=O)[C@@]12C(=O)N3[C@@H](c4ccccc4)CO[C@]3(c3ccccc3)[C@@H]1C[C@@H]2C[Si](C)(C)C(c1ccccc1)(c1ccccc1)c1ccccc1. The van der Waals surface area contributed by atoms with Gasteiger partial charge in [-0.05, 0) is 55.4 Å². The van der Waals surface area contributed by atoms with Crippen LogP contribution in [-0.4, -0.2) is 37.1 Å². The van der Waals surface area contributed by atoms with Gasteiger partial charge in [0.2, 0.25) is 5.91 Å². The zero-order valence-electron chi connectivity index (χ0n) is 31.4. The summed E-state index contributed by atoms with van der Waals surface area (Å²) in [6.07, 6.45) is 0.669. The second kappa shape index (κ2) is 13.0. The van der Waals surface area contributed by atoms with Crippen molar-refractivity contribution < 1.29 is 19.1 Å². The van der Waals surface area contributed by atoms with Gasteiger partial charge in [-0.25, -0.2) is 0 Å². The Morgan fingerprint density at radius 3 is 1.66 bits per heavy atom. The van der Waals surface area contributed by atoms with E-state index in [9.17, 15) is 0 Å². The standard InChI is InChI=1S/C47H49NO4Si/c1-44(2,3)52-43(50)45-39(31-41(45)47(38-29-19-10-20-30-38)48(42(45)49)40(32-51-47)34-21-11-6-12-22-34)33-53(4,5)46(35-23-13-7-14-24-35,36-25-15-8-16-26-36)37-27-17-9-18-28-37/h6-30,39-41H,31-33H2,1-5H3/t39-,40-,41-,45-,47-/m1/s1. The van der Waals surface area contributed by atoms with Crippen LogP contribution in [0.2, 0.25) is 19.1 Å². The maximum atomic E-state index is 15.8. The van der Waals surface area contributed by atoms with E-state index >= 15 is 9.59 Å². The summed E-state index contributed by atoms with van der Waals surface area (Å²) >= 11 is 0. The van der Waals surface area contributed by atoms with Gasteiger partial charge in [0.05, 0.1) is 20.7 Å². The molecule has 1 aliphatic carbocycles. The fourth-order valence-electron chi connectivity index (χ4n) is 10.4. The van der Waals surface area contributed by atoms with Crippen LogP contribution in [0.1, 0.15) is 61.1 Å². The van der Waals surface area contributed by atoms with Gasteiger partial charge in [0.15, 0.2) is 11.1 Å². The maximum Gasteiger partial charge on any atom is 0.322 e. The Hall–Kier alpha value is -4.78. The predicted octanol–water partition coefficient (Wildman–Crippen LogP) is 9.70. The minimum absolute atomic E-state index is 0.169. The number of amides is 1. The molecule has 2 aliphatic heterocycles. The molecule has 2 saturated heterocycles. The minimum atomic E-state index is -2.62. The zero-order chi connectivity index (χ0) is 37.1.